The van der Waals surface area contributed by atoms with E-state index in [0.29, 0.717) is 23.0 Å². The van der Waals surface area contributed by atoms with E-state index in [0.717, 1.165) is 27.0 Å². The summed E-state index contributed by atoms with van der Waals surface area (Å²) in [5, 5.41) is 19.2. The van der Waals surface area contributed by atoms with Gasteiger partial charge in [-0.05, 0) is 35.3 Å². The monoisotopic (exact) mass is 550 g/mol. The number of anilines is 1. The van der Waals surface area contributed by atoms with Gasteiger partial charge in [-0.1, -0.05) is 29.8 Å². The number of H-pyrrole nitrogens is 1. The minimum atomic E-state index is -5.08. The zero-order valence-corrected chi connectivity index (χ0v) is 19.9. The fourth-order valence-corrected chi connectivity index (χ4v) is 3.99. The van der Waals surface area contributed by atoms with Gasteiger partial charge in [0.2, 0.25) is 0 Å². The molecule has 3 aromatic heterocycles. The molecule has 0 saturated heterocycles. The SMILES string of the molecule is O=C(Nc1cccc(-c2nsc(Cc3ccc4[nH]ncc4c3Cl)n2)c1)c1cocn1.O=C(O)C(F)(F)F. The number of aliphatic carboxylic acids is 1. The van der Waals surface area contributed by atoms with Crippen molar-refractivity contribution in [3.63, 3.8) is 0 Å². The third-order valence-corrected chi connectivity index (χ3v) is 5.89. The quantitative estimate of drug-likeness (QED) is 0.270. The summed E-state index contributed by atoms with van der Waals surface area (Å²) in [6, 6.07) is 11.2. The number of alkyl halides is 3. The number of fused-ring (bicyclic) bond motifs is 1. The second-order valence-electron chi connectivity index (χ2n) is 7.27. The molecule has 190 valence electrons. The van der Waals surface area contributed by atoms with Crippen LogP contribution in [0.4, 0.5) is 18.9 Å². The zero-order valence-electron chi connectivity index (χ0n) is 18.3. The first kappa shape index (κ1) is 25.8. The maximum Gasteiger partial charge on any atom is 0.490 e. The summed E-state index contributed by atoms with van der Waals surface area (Å²) < 4.78 is 41.0. The normalized spacial score (nSPS) is 11.1. The van der Waals surface area contributed by atoms with Crippen molar-refractivity contribution in [2.45, 2.75) is 12.6 Å². The number of oxazole rings is 1. The van der Waals surface area contributed by atoms with Crippen molar-refractivity contribution in [3.05, 3.63) is 76.5 Å². The van der Waals surface area contributed by atoms with Gasteiger partial charge in [0.05, 0.1) is 16.7 Å². The molecule has 0 atom stereocenters. The highest BCUT2D eigenvalue weighted by Crippen LogP contribution is 2.29. The van der Waals surface area contributed by atoms with Crippen LogP contribution >= 0.6 is 23.1 Å². The number of rotatable bonds is 5. The highest BCUT2D eigenvalue weighted by molar-refractivity contribution is 7.05. The van der Waals surface area contributed by atoms with Gasteiger partial charge in [0.1, 0.15) is 11.3 Å². The Labute approximate surface area is 214 Å². The molecule has 3 N–H and O–H groups in total. The number of carbonyl (C=O) groups is 2. The summed E-state index contributed by atoms with van der Waals surface area (Å²) in [5.41, 5.74) is 3.48. The summed E-state index contributed by atoms with van der Waals surface area (Å²) in [6.07, 6.45) is -0.298. The van der Waals surface area contributed by atoms with Crippen molar-refractivity contribution < 1.29 is 32.3 Å². The number of halogens is 4. The van der Waals surface area contributed by atoms with Crippen LogP contribution in [0.1, 0.15) is 21.1 Å². The summed E-state index contributed by atoms with van der Waals surface area (Å²) in [6.45, 7) is 0. The van der Waals surface area contributed by atoms with Gasteiger partial charge < -0.3 is 14.8 Å². The van der Waals surface area contributed by atoms with Crippen LogP contribution in [0, 0.1) is 0 Å². The Kier molecular flexibility index (Phi) is 7.50. The molecule has 0 saturated carbocycles. The van der Waals surface area contributed by atoms with E-state index in [-0.39, 0.29) is 11.6 Å². The molecule has 0 aliphatic carbocycles. The lowest BCUT2D eigenvalue weighted by molar-refractivity contribution is -0.192. The van der Waals surface area contributed by atoms with Gasteiger partial charge in [0, 0.05) is 23.1 Å². The van der Waals surface area contributed by atoms with Gasteiger partial charge in [-0.3, -0.25) is 9.89 Å². The second-order valence-corrected chi connectivity index (χ2v) is 8.48. The molecule has 0 aliphatic heterocycles. The van der Waals surface area contributed by atoms with Crippen molar-refractivity contribution in [1.29, 1.82) is 0 Å². The van der Waals surface area contributed by atoms with Crippen LogP contribution < -0.4 is 5.32 Å². The van der Waals surface area contributed by atoms with Gasteiger partial charge in [-0.25, -0.2) is 14.8 Å². The standard InChI is InChI=1S/C20H13ClN6O2S.C2HF3O2/c21-18-11(4-5-15-14(18)8-23-26-15)7-17-25-19(27-30-17)12-2-1-3-13(6-12)24-20(28)16-9-29-10-22-16;3-2(4,5)1(6)7/h1-6,8-10H,7H2,(H,23,26)(H,24,28);(H,6,7). The van der Waals surface area contributed by atoms with E-state index in [4.69, 9.17) is 25.9 Å². The first-order valence-electron chi connectivity index (χ1n) is 10.1. The summed E-state index contributed by atoms with van der Waals surface area (Å²) in [7, 11) is 0. The molecule has 0 fully saturated rings. The van der Waals surface area contributed by atoms with Crippen LogP contribution in [0.5, 0.6) is 0 Å². The van der Waals surface area contributed by atoms with Crippen LogP contribution in [0.25, 0.3) is 22.3 Å². The van der Waals surface area contributed by atoms with E-state index in [1.807, 2.05) is 30.3 Å². The zero-order chi connectivity index (χ0) is 26.6. The van der Waals surface area contributed by atoms with Crippen molar-refractivity contribution in [2.24, 2.45) is 0 Å². The summed E-state index contributed by atoms with van der Waals surface area (Å²) in [4.78, 5) is 29.5. The van der Waals surface area contributed by atoms with E-state index < -0.39 is 12.1 Å². The minimum absolute atomic E-state index is 0.209. The fraction of sp³-hybridized carbons (Fsp3) is 0.0909. The summed E-state index contributed by atoms with van der Waals surface area (Å²) in [5.74, 6) is -2.52. The molecule has 5 aromatic rings. The number of hydrogen-bond donors (Lipinski definition) is 3. The Morgan fingerprint density at radius 3 is 2.70 bits per heavy atom. The molecule has 0 aliphatic rings. The number of aromatic nitrogens is 5. The Morgan fingerprint density at radius 1 is 1.22 bits per heavy atom. The topological polar surface area (TPSA) is 147 Å². The number of nitrogens with one attached hydrogen (secondary N) is 2. The molecular weight excluding hydrogens is 537 g/mol. The lowest BCUT2D eigenvalue weighted by Gasteiger charge is -2.04. The first-order valence-corrected chi connectivity index (χ1v) is 11.3. The summed E-state index contributed by atoms with van der Waals surface area (Å²) >= 11 is 7.83. The number of aromatic amines is 1. The number of nitrogens with zero attached hydrogens (tertiary/aromatic N) is 4. The number of carboxylic acid groups (broad SMARTS) is 1. The van der Waals surface area contributed by atoms with Crippen molar-refractivity contribution in [2.75, 3.05) is 5.32 Å². The lowest BCUT2D eigenvalue weighted by Crippen LogP contribution is -2.21. The molecule has 0 unspecified atom stereocenters. The fourth-order valence-electron chi connectivity index (χ4n) is 3.03. The maximum absolute atomic E-state index is 12.2. The average Bonchev–Trinajstić information content (AvgIpc) is 3.63. The number of carboxylic acids is 1. The van der Waals surface area contributed by atoms with E-state index in [2.05, 4.69) is 29.9 Å². The molecule has 37 heavy (non-hydrogen) atoms. The molecular formula is C22H14ClF3N6O4S. The number of carbonyl (C=O) groups excluding carboxylic acids is 1. The Hall–Kier alpha value is -4.30. The molecule has 3 heterocycles. The highest BCUT2D eigenvalue weighted by atomic mass is 35.5. The molecule has 0 spiro atoms. The van der Waals surface area contributed by atoms with Gasteiger partial charge in [-0.15, -0.1) is 0 Å². The lowest BCUT2D eigenvalue weighted by atomic mass is 10.1. The van der Waals surface area contributed by atoms with Crippen LogP contribution in [0.15, 0.2) is 59.7 Å². The molecule has 0 bridgehead atoms. The van der Waals surface area contributed by atoms with E-state index in [9.17, 15) is 18.0 Å². The third kappa shape index (κ3) is 6.29. The number of amides is 1. The van der Waals surface area contributed by atoms with Gasteiger partial charge in [-0.2, -0.15) is 22.6 Å². The number of benzene rings is 2. The number of hydrogen-bond acceptors (Lipinski definition) is 8. The van der Waals surface area contributed by atoms with Crippen LogP contribution in [-0.2, 0) is 11.2 Å². The van der Waals surface area contributed by atoms with E-state index >= 15 is 0 Å². The van der Waals surface area contributed by atoms with E-state index in [1.165, 1.54) is 24.2 Å². The highest BCUT2D eigenvalue weighted by Gasteiger charge is 2.38. The maximum atomic E-state index is 12.2. The molecule has 2 aromatic carbocycles. The van der Waals surface area contributed by atoms with E-state index in [1.54, 1.807) is 12.3 Å². The van der Waals surface area contributed by atoms with Gasteiger partial charge in [0.25, 0.3) is 5.91 Å². The first-order chi connectivity index (χ1) is 17.6. The largest absolute Gasteiger partial charge is 0.490 e. The molecule has 0 radical (unpaired) electrons. The van der Waals surface area contributed by atoms with Gasteiger partial charge in [0.15, 0.2) is 17.9 Å². The third-order valence-electron chi connectivity index (χ3n) is 4.73. The van der Waals surface area contributed by atoms with Crippen LogP contribution in [0.3, 0.4) is 0 Å². The molecule has 15 heteroatoms. The van der Waals surface area contributed by atoms with Crippen molar-refractivity contribution in [1.82, 2.24) is 24.5 Å². The Morgan fingerprint density at radius 2 is 2.00 bits per heavy atom. The van der Waals surface area contributed by atoms with Crippen molar-refractivity contribution in [3.8, 4) is 11.4 Å². The molecule has 5 rings (SSSR count). The Bertz CT molecular complexity index is 1550. The van der Waals surface area contributed by atoms with Gasteiger partial charge >= 0.3 is 12.1 Å². The van der Waals surface area contributed by atoms with Crippen LogP contribution in [0.2, 0.25) is 5.02 Å². The predicted octanol–water partition coefficient (Wildman–Crippen LogP) is 5.20. The molecule has 10 nitrogen and oxygen atoms in total. The van der Waals surface area contributed by atoms with Crippen molar-refractivity contribution >= 4 is 51.6 Å². The molecule has 1 amide bonds. The minimum Gasteiger partial charge on any atom is -0.475 e. The Balaban J connectivity index is 0.000000405. The predicted molar refractivity (Wildman–Crippen MR) is 127 cm³/mol. The average molecular weight is 551 g/mol. The smallest absolute Gasteiger partial charge is 0.475 e. The second kappa shape index (κ2) is 10.8. The van der Waals surface area contributed by atoms with Crippen LogP contribution in [-0.4, -0.2) is 47.7 Å².